The summed E-state index contributed by atoms with van der Waals surface area (Å²) in [5, 5.41) is 17.1. The quantitative estimate of drug-likeness (QED) is 0.488. The first-order chi connectivity index (χ1) is 11.1. The van der Waals surface area contributed by atoms with Crippen molar-refractivity contribution in [1.29, 1.82) is 0 Å². The Morgan fingerprint density at radius 2 is 1.58 bits per heavy atom. The van der Waals surface area contributed by atoms with E-state index in [0.29, 0.717) is 0 Å². The first-order valence-electron chi connectivity index (χ1n) is 5.93. The Morgan fingerprint density at radius 1 is 1.04 bits per heavy atom. The van der Waals surface area contributed by atoms with Crippen LogP contribution in [0, 0.1) is 17.5 Å². The van der Waals surface area contributed by atoms with Crippen LogP contribution in [-0.4, -0.2) is 27.1 Å². The Hall–Kier alpha value is -3.01. The van der Waals surface area contributed by atoms with Gasteiger partial charge in [0.1, 0.15) is 33.6 Å². The van der Waals surface area contributed by atoms with Crippen LogP contribution < -0.4 is 11.3 Å². The minimum absolute atomic E-state index is 0.120. The molecule has 1 aromatic carbocycles. The van der Waals surface area contributed by atoms with E-state index >= 15 is 0 Å². The number of carbonyl (C=O) groups is 2. The minimum atomic E-state index is -1.98. The number of pyridine rings is 1. The summed E-state index contributed by atoms with van der Waals surface area (Å²) in [5.41, 5.74) is -0.910. The average molecular weight is 363 g/mol. The van der Waals surface area contributed by atoms with E-state index in [1.165, 1.54) is 0 Å². The Morgan fingerprint density at radius 3 is 2.08 bits per heavy atom. The summed E-state index contributed by atoms with van der Waals surface area (Å²) >= 11 is 5.32. The molecule has 0 bridgehead atoms. The third-order valence-corrected chi connectivity index (χ3v) is 3.38. The lowest BCUT2D eigenvalue weighted by Gasteiger charge is -2.14. The fourth-order valence-corrected chi connectivity index (χ4v) is 2.24. The number of aromatic nitrogens is 1. The van der Waals surface area contributed by atoms with Crippen molar-refractivity contribution in [2.24, 2.45) is 0 Å². The highest BCUT2D eigenvalue weighted by Gasteiger charge is 2.31. The van der Waals surface area contributed by atoms with Crippen molar-refractivity contribution in [3.63, 3.8) is 0 Å². The lowest BCUT2D eigenvalue weighted by Crippen LogP contribution is -2.24. The van der Waals surface area contributed by atoms with E-state index in [9.17, 15) is 27.6 Å². The van der Waals surface area contributed by atoms with E-state index in [2.05, 4.69) is 0 Å². The van der Waals surface area contributed by atoms with Gasteiger partial charge in [0.15, 0.2) is 5.82 Å². The molecule has 0 saturated heterocycles. The second-order valence-corrected chi connectivity index (χ2v) is 4.82. The molecule has 2 aromatic rings. The molecule has 0 aliphatic carbocycles. The zero-order valence-corrected chi connectivity index (χ0v) is 12.0. The average Bonchev–Trinajstić information content (AvgIpc) is 2.43. The summed E-state index contributed by atoms with van der Waals surface area (Å²) in [4.78, 5) is 36.1. The van der Waals surface area contributed by atoms with Crippen molar-refractivity contribution in [1.82, 2.24) is 4.98 Å². The van der Waals surface area contributed by atoms with Crippen molar-refractivity contribution in [3.05, 3.63) is 50.0 Å². The van der Waals surface area contributed by atoms with Crippen molar-refractivity contribution in [2.45, 2.75) is 0 Å². The van der Waals surface area contributed by atoms with Gasteiger partial charge in [0, 0.05) is 11.6 Å². The highest BCUT2D eigenvalue weighted by Crippen LogP contribution is 2.36. The number of halogens is 4. The molecule has 1 aromatic heterocycles. The van der Waals surface area contributed by atoms with Crippen LogP contribution in [0.15, 0.2) is 10.9 Å². The number of nitrogens with one attached hydrogen (secondary N) is 1. The van der Waals surface area contributed by atoms with E-state index in [1.807, 2.05) is 0 Å². The van der Waals surface area contributed by atoms with Crippen LogP contribution in [0.25, 0.3) is 11.1 Å². The van der Waals surface area contributed by atoms with E-state index < -0.39 is 68.0 Å². The number of rotatable bonds is 3. The Labute approximate surface area is 135 Å². The predicted molar refractivity (Wildman–Crippen MR) is 75.7 cm³/mol. The second kappa shape index (κ2) is 5.89. The van der Waals surface area contributed by atoms with Gasteiger partial charge in [-0.2, -0.15) is 0 Å². The maximum absolute atomic E-state index is 14.2. The van der Waals surface area contributed by atoms with E-state index in [-0.39, 0.29) is 6.07 Å². The molecule has 0 atom stereocenters. The van der Waals surface area contributed by atoms with Gasteiger partial charge in [-0.05, 0) is 0 Å². The maximum Gasteiger partial charge on any atom is 0.342 e. The zero-order valence-electron chi connectivity index (χ0n) is 11.3. The van der Waals surface area contributed by atoms with Gasteiger partial charge < -0.3 is 20.9 Å². The SMILES string of the molecule is Nc1[nH]c(=O)c(C(=O)O)c(-c2c(F)cc(F)c(Cl)c2F)c1C(=O)O. The van der Waals surface area contributed by atoms with Gasteiger partial charge in [0.2, 0.25) is 0 Å². The number of nitrogens with two attached hydrogens (primary N) is 1. The molecule has 0 radical (unpaired) electrons. The summed E-state index contributed by atoms with van der Waals surface area (Å²) in [7, 11) is 0. The van der Waals surface area contributed by atoms with Crippen molar-refractivity contribution in [3.8, 4) is 11.1 Å². The monoisotopic (exact) mass is 362 g/mol. The molecular weight excluding hydrogens is 357 g/mol. The summed E-state index contributed by atoms with van der Waals surface area (Å²) in [6.07, 6.45) is 0. The molecule has 0 saturated carbocycles. The second-order valence-electron chi connectivity index (χ2n) is 4.45. The molecule has 0 amide bonds. The molecule has 0 aliphatic rings. The first kappa shape index (κ1) is 17.3. The number of aromatic amines is 1. The van der Waals surface area contributed by atoms with Gasteiger partial charge >= 0.3 is 11.9 Å². The molecule has 24 heavy (non-hydrogen) atoms. The highest BCUT2D eigenvalue weighted by molar-refractivity contribution is 6.31. The van der Waals surface area contributed by atoms with Crippen LogP contribution in [0.2, 0.25) is 5.02 Å². The normalized spacial score (nSPS) is 10.7. The number of anilines is 1. The first-order valence-corrected chi connectivity index (χ1v) is 6.31. The number of H-pyrrole nitrogens is 1. The molecule has 0 aliphatic heterocycles. The van der Waals surface area contributed by atoms with Crippen molar-refractivity contribution >= 4 is 29.4 Å². The molecule has 0 spiro atoms. The van der Waals surface area contributed by atoms with E-state index in [0.717, 1.165) is 0 Å². The molecule has 1 heterocycles. The molecule has 7 nitrogen and oxygen atoms in total. The Bertz CT molecular complexity index is 958. The van der Waals surface area contributed by atoms with Crippen LogP contribution in [0.3, 0.4) is 0 Å². The van der Waals surface area contributed by atoms with Crippen LogP contribution in [0.1, 0.15) is 20.7 Å². The van der Waals surface area contributed by atoms with Gasteiger partial charge in [0.25, 0.3) is 5.56 Å². The third kappa shape index (κ3) is 2.56. The molecular formula is C13H6ClF3N2O5. The smallest absolute Gasteiger partial charge is 0.342 e. The number of carboxylic acid groups (broad SMARTS) is 2. The van der Waals surface area contributed by atoms with Gasteiger partial charge in [-0.25, -0.2) is 22.8 Å². The third-order valence-electron chi connectivity index (χ3n) is 3.04. The number of hydrogen-bond donors (Lipinski definition) is 4. The fraction of sp³-hybridized carbons (Fsp3) is 0. The molecule has 0 fully saturated rings. The van der Waals surface area contributed by atoms with Gasteiger partial charge in [-0.15, -0.1) is 0 Å². The lowest BCUT2D eigenvalue weighted by atomic mass is 9.94. The van der Waals surface area contributed by atoms with Gasteiger partial charge in [-0.3, -0.25) is 4.79 Å². The summed E-state index contributed by atoms with van der Waals surface area (Å²) in [5.74, 6) is -9.63. The number of aromatic carboxylic acids is 2. The molecule has 5 N–H and O–H groups in total. The summed E-state index contributed by atoms with van der Waals surface area (Å²) in [6, 6.07) is 0.120. The van der Waals surface area contributed by atoms with Crippen LogP contribution in [-0.2, 0) is 0 Å². The van der Waals surface area contributed by atoms with E-state index in [4.69, 9.17) is 27.5 Å². The summed E-state index contributed by atoms with van der Waals surface area (Å²) < 4.78 is 41.5. The zero-order chi connectivity index (χ0) is 18.3. The van der Waals surface area contributed by atoms with Crippen LogP contribution in [0.5, 0.6) is 0 Å². The minimum Gasteiger partial charge on any atom is -0.478 e. The van der Waals surface area contributed by atoms with Gasteiger partial charge in [0.05, 0.1) is 5.56 Å². The number of nitrogen functional groups attached to an aromatic ring is 1. The predicted octanol–water partition coefficient (Wildman–Crippen LogP) is 2.09. The topological polar surface area (TPSA) is 133 Å². The summed E-state index contributed by atoms with van der Waals surface area (Å²) in [6.45, 7) is 0. The van der Waals surface area contributed by atoms with Crippen LogP contribution in [0.4, 0.5) is 19.0 Å². The largest absolute Gasteiger partial charge is 0.478 e. The number of carboxylic acids is 2. The lowest BCUT2D eigenvalue weighted by molar-refractivity contribution is 0.0695. The number of benzene rings is 1. The Balaban J connectivity index is 3.15. The standard InChI is InChI=1S/C13H6ClF3N2O5/c14-8-3(16)1-2(15)4(9(8)17)5-6(12(21)22)10(18)19-11(20)7(5)13(23)24/h1H,(H,21,22)(H,23,24)(H3,18,19,20). The Kier molecular flexibility index (Phi) is 4.26. The fourth-order valence-electron chi connectivity index (χ4n) is 2.09. The molecule has 11 heteroatoms. The maximum atomic E-state index is 14.2. The molecule has 0 unspecified atom stereocenters. The van der Waals surface area contributed by atoms with Crippen molar-refractivity contribution < 1.29 is 33.0 Å². The van der Waals surface area contributed by atoms with Crippen LogP contribution >= 0.6 is 11.6 Å². The molecule has 126 valence electrons. The van der Waals surface area contributed by atoms with Crippen molar-refractivity contribution in [2.75, 3.05) is 5.73 Å². The van der Waals surface area contributed by atoms with Gasteiger partial charge in [-0.1, -0.05) is 11.6 Å². The number of hydrogen-bond acceptors (Lipinski definition) is 4. The van der Waals surface area contributed by atoms with E-state index in [1.54, 1.807) is 4.98 Å². The molecule has 2 rings (SSSR count). The highest BCUT2D eigenvalue weighted by atomic mass is 35.5.